The van der Waals surface area contributed by atoms with Gasteiger partial charge in [-0.1, -0.05) is 12.1 Å². The predicted octanol–water partition coefficient (Wildman–Crippen LogP) is 3.55. The molecule has 0 aliphatic carbocycles. The second-order valence-corrected chi connectivity index (χ2v) is 7.94. The van der Waals surface area contributed by atoms with Crippen molar-refractivity contribution in [2.45, 2.75) is 52.1 Å². The largest absolute Gasteiger partial charge is 0.366 e. The van der Waals surface area contributed by atoms with Crippen LogP contribution in [0.4, 0.5) is 11.6 Å². The zero-order valence-corrected chi connectivity index (χ0v) is 17.3. The van der Waals surface area contributed by atoms with Crippen LogP contribution in [0.5, 0.6) is 0 Å². The molecule has 0 amide bonds. The summed E-state index contributed by atoms with van der Waals surface area (Å²) in [5.41, 5.74) is 2.65. The van der Waals surface area contributed by atoms with E-state index in [1.165, 1.54) is 6.42 Å². The van der Waals surface area contributed by atoms with Gasteiger partial charge in [0.2, 0.25) is 0 Å². The minimum atomic E-state index is -0.0579. The van der Waals surface area contributed by atoms with Crippen LogP contribution in [-0.2, 0) is 0 Å². The zero-order chi connectivity index (χ0) is 20.4. The van der Waals surface area contributed by atoms with Crippen molar-refractivity contribution in [2.75, 3.05) is 23.3 Å². The Kier molecular flexibility index (Phi) is 5.47. The Morgan fingerprint density at radius 2 is 1.86 bits per heavy atom. The fourth-order valence-electron chi connectivity index (χ4n) is 3.92. The van der Waals surface area contributed by atoms with Crippen LogP contribution in [0.15, 0.2) is 41.2 Å². The van der Waals surface area contributed by atoms with Crippen LogP contribution in [0.2, 0.25) is 0 Å². The summed E-state index contributed by atoms with van der Waals surface area (Å²) in [5.74, 6) is 1.69. The maximum Gasteiger partial charge on any atom is 0.267 e. The van der Waals surface area contributed by atoms with E-state index in [0.717, 1.165) is 54.3 Å². The van der Waals surface area contributed by atoms with Gasteiger partial charge in [0.25, 0.3) is 5.56 Å². The van der Waals surface area contributed by atoms with Crippen molar-refractivity contribution in [3.63, 3.8) is 0 Å². The van der Waals surface area contributed by atoms with Crippen molar-refractivity contribution in [3.8, 4) is 0 Å². The SMILES string of the molecule is Cc1nc2ccccc2nc1NCC1CCCCN1c1ccc(=O)n(C(C)C)n1. The highest BCUT2D eigenvalue weighted by Gasteiger charge is 2.24. The molecule has 0 bridgehead atoms. The highest BCUT2D eigenvalue weighted by molar-refractivity contribution is 5.76. The molecule has 3 heterocycles. The van der Waals surface area contributed by atoms with E-state index < -0.39 is 0 Å². The average molecular weight is 393 g/mol. The number of hydrogen-bond donors (Lipinski definition) is 1. The number of aromatic nitrogens is 4. The lowest BCUT2D eigenvalue weighted by atomic mass is 10.0. The Morgan fingerprint density at radius 1 is 1.10 bits per heavy atom. The third kappa shape index (κ3) is 4.09. The average Bonchev–Trinajstić information content (AvgIpc) is 2.72. The molecular formula is C22H28N6O. The molecule has 0 radical (unpaired) electrons. The maximum absolute atomic E-state index is 12.1. The summed E-state index contributed by atoms with van der Waals surface area (Å²) in [5, 5.41) is 8.15. The van der Waals surface area contributed by atoms with Crippen molar-refractivity contribution in [3.05, 3.63) is 52.4 Å². The van der Waals surface area contributed by atoms with Gasteiger partial charge >= 0.3 is 0 Å². The van der Waals surface area contributed by atoms with Gasteiger partial charge in [-0.25, -0.2) is 14.6 Å². The van der Waals surface area contributed by atoms with Crippen LogP contribution < -0.4 is 15.8 Å². The van der Waals surface area contributed by atoms with Crippen molar-refractivity contribution >= 4 is 22.7 Å². The number of anilines is 2. The topological polar surface area (TPSA) is 75.9 Å². The Morgan fingerprint density at radius 3 is 2.62 bits per heavy atom. The fourth-order valence-corrected chi connectivity index (χ4v) is 3.92. The van der Waals surface area contributed by atoms with E-state index in [4.69, 9.17) is 4.98 Å². The summed E-state index contributed by atoms with van der Waals surface area (Å²) < 4.78 is 1.56. The van der Waals surface area contributed by atoms with Gasteiger partial charge in [0.05, 0.1) is 22.8 Å². The van der Waals surface area contributed by atoms with E-state index in [2.05, 4.69) is 20.3 Å². The number of rotatable bonds is 5. The van der Waals surface area contributed by atoms with Gasteiger partial charge < -0.3 is 10.2 Å². The Bertz CT molecular complexity index is 1060. The number of nitrogens with zero attached hydrogens (tertiary/aromatic N) is 5. The monoisotopic (exact) mass is 392 g/mol. The van der Waals surface area contributed by atoms with Crippen molar-refractivity contribution in [2.24, 2.45) is 0 Å². The molecule has 1 aromatic carbocycles. The molecular weight excluding hydrogens is 364 g/mol. The van der Waals surface area contributed by atoms with Crippen molar-refractivity contribution in [1.82, 2.24) is 19.7 Å². The van der Waals surface area contributed by atoms with E-state index in [0.29, 0.717) is 6.04 Å². The van der Waals surface area contributed by atoms with Gasteiger partial charge in [-0.3, -0.25) is 4.79 Å². The quantitative estimate of drug-likeness (QED) is 0.716. The summed E-state index contributed by atoms with van der Waals surface area (Å²) in [7, 11) is 0. The lowest BCUT2D eigenvalue weighted by Gasteiger charge is -2.37. The molecule has 1 aliphatic rings. The number of nitrogens with one attached hydrogen (secondary N) is 1. The van der Waals surface area contributed by atoms with Crippen molar-refractivity contribution < 1.29 is 0 Å². The lowest BCUT2D eigenvalue weighted by Crippen LogP contribution is -2.45. The van der Waals surface area contributed by atoms with Gasteiger partial charge in [-0.2, -0.15) is 5.10 Å². The van der Waals surface area contributed by atoms with Gasteiger partial charge in [-0.05, 0) is 58.2 Å². The molecule has 0 saturated carbocycles. The first-order valence-corrected chi connectivity index (χ1v) is 10.4. The Balaban J connectivity index is 1.55. The summed E-state index contributed by atoms with van der Waals surface area (Å²) in [6, 6.07) is 11.7. The minimum absolute atomic E-state index is 0.0411. The molecule has 1 aliphatic heterocycles. The molecule has 1 atom stereocenters. The third-order valence-electron chi connectivity index (χ3n) is 5.47. The molecule has 152 valence electrons. The first kappa shape index (κ1) is 19.4. The molecule has 3 aromatic rings. The number of fused-ring (bicyclic) bond motifs is 1. The second kappa shape index (κ2) is 8.19. The highest BCUT2D eigenvalue weighted by atomic mass is 16.1. The first-order chi connectivity index (χ1) is 14.0. The lowest BCUT2D eigenvalue weighted by molar-refractivity contribution is 0.451. The van der Waals surface area contributed by atoms with Gasteiger partial charge in [0.15, 0.2) is 0 Å². The number of aryl methyl sites for hydroxylation is 1. The van der Waals surface area contributed by atoms with Crippen LogP contribution in [-0.4, -0.2) is 38.9 Å². The number of hydrogen-bond acceptors (Lipinski definition) is 6. The van der Waals surface area contributed by atoms with Gasteiger partial charge in [-0.15, -0.1) is 0 Å². The van der Waals surface area contributed by atoms with Crippen LogP contribution in [0.1, 0.15) is 44.8 Å². The maximum atomic E-state index is 12.1. The molecule has 7 nitrogen and oxygen atoms in total. The summed E-state index contributed by atoms with van der Waals surface area (Å²) >= 11 is 0. The highest BCUT2D eigenvalue weighted by Crippen LogP contribution is 2.24. The molecule has 1 saturated heterocycles. The smallest absolute Gasteiger partial charge is 0.267 e. The van der Waals surface area contributed by atoms with E-state index in [9.17, 15) is 4.79 Å². The Hall–Kier alpha value is -2.96. The van der Waals surface area contributed by atoms with Crippen LogP contribution in [0.3, 0.4) is 0 Å². The number of piperidine rings is 1. The third-order valence-corrected chi connectivity index (χ3v) is 5.47. The first-order valence-electron chi connectivity index (χ1n) is 10.4. The predicted molar refractivity (Wildman–Crippen MR) is 117 cm³/mol. The summed E-state index contributed by atoms with van der Waals surface area (Å²) in [6.45, 7) is 7.65. The summed E-state index contributed by atoms with van der Waals surface area (Å²) in [4.78, 5) is 23.8. The van der Waals surface area contributed by atoms with Crippen LogP contribution in [0, 0.1) is 6.92 Å². The molecule has 29 heavy (non-hydrogen) atoms. The zero-order valence-electron chi connectivity index (χ0n) is 17.3. The van der Waals surface area contributed by atoms with Crippen LogP contribution in [0.25, 0.3) is 11.0 Å². The van der Waals surface area contributed by atoms with E-state index in [-0.39, 0.29) is 11.6 Å². The van der Waals surface area contributed by atoms with Gasteiger partial charge in [0, 0.05) is 25.2 Å². The van der Waals surface area contributed by atoms with E-state index in [1.54, 1.807) is 10.7 Å². The normalized spacial score (nSPS) is 17.1. The van der Waals surface area contributed by atoms with Crippen molar-refractivity contribution in [1.29, 1.82) is 0 Å². The van der Waals surface area contributed by atoms with E-state index >= 15 is 0 Å². The second-order valence-electron chi connectivity index (χ2n) is 7.94. The van der Waals surface area contributed by atoms with E-state index in [1.807, 2.05) is 51.1 Å². The standard InChI is InChI=1S/C22H28N6O/c1-15(2)28-21(29)12-11-20(26-28)27-13-7-6-8-17(27)14-23-22-16(3)24-18-9-4-5-10-19(18)25-22/h4-5,9-12,15,17H,6-8,13-14H2,1-3H3,(H,23,25). The van der Waals surface area contributed by atoms with Crippen LogP contribution >= 0.6 is 0 Å². The summed E-state index contributed by atoms with van der Waals surface area (Å²) in [6.07, 6.45) is 3.40. The molecule has 0 spiro atoms. The molecule has 7 heteroatoms. The molecule has 4 rings (SSSR count). The number of benzene rings is 1. The molecule has 1 fully saturated rings. The molecule has 1 unspecified atom stereocenters. The number of para-hydroxylation sites is 2. The fraction of sp³-hybridized carbons (Fsp3) is 0.455. The van der Waals surface area contributed by atoms with Gasteiger partial charge in [0.1, 0.15) is 11.6 Å². The molecule has 2 aromatic heterocycles. The molecule has 1 N–H and O–H groups in total. The Labute approximate surface area is 170 Å². The minimum Gasteiger partial charge on any atom is -0.366 e.